The normalized spacial score (nSPS) is 40.4. The second-order valence-corrected chi connectivity index (χ2v) is 4.07. The zero-order chi connectivity index (χ0) is 8.55. The number of hydrogen-bond acceptors (Lipinski definition) is 2. The van der Waals surface area contributed by atoms with Gasteiger partial charge in [-0.2, -0.15) is 0 Å². The molecule has 0 radical (unpaired) electrons. The number of methoxy groups -OCH3 is 1. The lowest BCUT2D eigenvalue weighted by molar-refractivity contribution is -0.135. The molecular weight excluding hydrogens is 152 g/mol. The van der Waals surface area contributed by atoms with Crippen molar-refractivity contribution < 1.29 is 9.53 Å². The molecule has 0 bridgehead atoms. The number of Topliss-reactive ketones (excluding diaryl/α,β-unsaturated/α-hetero) is 1. The summed E-state index contributed by atoms with van der Waals surface area (Å²) in [4.78, 5) is 11.4. The highest BCUT2D eigenvalue weighted by Gasteiger charge is 2.44. The summed E-state index contributed by atoms with van der Waals surface area (Å²) in [6.45, 7) is 0.856. The lowest BCUT2D eigenvalue weighted by Crippen LogP contribution is -2.43. The first-order chi connectivity index (χ1) is 5.83. The van der Waals surface area contributed by atoms with Crippen LogP contribution in [0.1, 0.15) is 25.7 Å². The van der Waals surface area contributed by atoms with Crippen molar-refractivity contribution in [1.29, 1.82) is 0 Å². The summed E-state index contributed by atoms with van der Waals surface area (Å²) in [5.74, 6) is 2.27. The van der Waals surface area contributed by atoms with Gasteiger partial charge < -0.3 is 4.74 Å². The Balaban J connectivity index is 1.96. The van der Waals surface area contributed by atoms with E-state index in [0.29, 0.717) is 23.5 Å². The van der Waals surface area contributed by atoms with Gasteiger partial charge in [-0.25, -0.2) is 0 Å². The zero-order valence-electron chi connectivity index (χ0n) is 7.58. The van der Waals surface area contributed by atoms with E-state index in [4.69, 9.17) is 4.74 Å². The van der Waals surface area contributed by atoms with Crippen molar-refractivity contribution in [2.75, 3.05) is 13.7 Å². The first kappa shape index (κ1) is 8.24. The molecule has 0 aliphatic heterocycles. The Morgan fingerprint density at radius 1 is 1.42 bits per heavy atom. The minimum absolute atomic E-state index is 0.416. The number of carbonyl (C=O) groups is 1. The van der Waals surface area contributed by atoms with Crippen LogP contribution < -0.4 is 0 Å². The van der Waals surface area contributed by atoms with Gasteiger partial charge in [0.2, 0.25) is 0 Å². The topological polar surface area (TPSA) is 26.3 Å². The van der Waals surface area contributed by atoms with Crippen molar-refractivity contribution in [3.8, 4) is 0 Å². The Kier molecular flexibility index (Phi) is 2.18. The van der Waals surface area contributed by atoms with Gasteiger partial charge in [0, 0.05) is 26.1 Å². The molecule has 2 rings (SSSR count). The van der Waals surface area contributed by atoms with Gasteiger partial charge in [-0.1, -0.05) is 0 Å². The SMILES string of the molecule is COCC1CCC(=O)C2CCC12. The fraction of sp³-hybridized carbons (Fsp3) is 0.900. The fourth-order valence-corrected chi connectivity index (χ4v) is 2.64. The van der Waals surface area contributed by atoms with E-state index in [1.807, 2.05) is 0 Å². The van der Waals surface area contributed by atoms with E-state index in [0.717, 1.165) is 25.9 Å². The van der Waals surface area contributed by atoms with Crippen molar-refractivity contribution in [1.82, 2.24) is 0 Å². The molecule has 0 heterocycles. The van der Waals surface area contributed by atoms with Gasteiger partial charge in [0.25, 0.3) is 0 Å². The molecule has 3 unspecified atom stereocenters. The summed E-state index contributed by atoms with van der Waals surface area (Å²) >= 11 is 0. The van der Waals surface area contributed by atoms with Crippen molar-refractivity contribution >= 4 is 5.78 Å². The minimum atomic E-state index is 0.416. The van der Waals surface area contributed by atoms with E-state index in [9.17, 15) is 4.79 Å². The van der Waals surface area contributed by atoms with Crippen LogP contribution in [0.3, 0.4) is 0 Å². The van der Waals surface area contributed by atoms with Crippen molar-refractivity contribution in [2.24, 2.45) is 17.8 Å². The van der Waals surface area contributed by atoms with Gasteiger partial charge in [0.05, 0.1) is 0 Å². The summed E-state index contributed by atoms with van der Waals surface area (Å²) in [7, 11) is 1.75. The molecule has 0 aromatic carbocycles. The Hall–Kier alpha value is -0.370. The summed E-state index contributed by atoms with van der Waals surface area (Å²) in [6, 6.07) is 0. The van der Waals surface area contributed by atoms with E-state index in [2.05, 4.69) is 0 Å². The summed E-state index contributed by atoms with van der Waals surface area (Å²) < 4.78 is 5.16. The van der Waals surface area contributed by atoms with E-state index >= 15 is 0 Å². The molecule has 0 N–H and O–H groups in total. The van der Waals surface area contributed by atoms with E-state index < -0.39 is 0 Å². The quantitative estimate of drug-likeness (QED) is 0.626. The molecule has 0 saturated heterocycles. The van der Waals surface area contributed by atoms with E-state index in [-0.39, 0.29) is 0 Å². The van der Waals surface area contributed by atoms with E-state index in [1.54, 1.807) is 7.11 Å². The standard InChI is InChI=1S/C10H16O2/c1-12-6-7-2-5-10(11)9-4-3-8(7)9/h7-9H,2-6H2,1H3. The van der Waals surface area contributed by atoms with Crippen molar-refractivity contribution in [3.63, 3.8) is 0 Å². The van der Waals surface area contributed by atoms with Crippen LogP contribution in [-0.2, 0) is 9.53 Å². The van der Waals surface area contributed by atoms with Gasteiger partial charge in [0.15, 0.2) is 0 Å². The molecule has 12 heavy (non-hydrogen) atoms. The molecule has 0 amide bonds. The zero-order valence-corrected chi connectivity index (χ0v) is 7.58. The lowest BCUT2D eigenvalue weighted by atomic mass is 9.60. The van der Waals surface area contributed by atoms with Gasteiger partial charge in [-0.3, -0.25) is 4.79 Å². The first-order valence-corrected chi connectivity index (χ1v) is 4.84. The van der Waals surface area contributed by atoms with Gasteiger partial charge in [-0.05, 0) is 31.1 Å². The summed E-state index contributed by atoms with van der Waals surface area (Å²) in [6.07, 6.45) is 4.26. The average molecular weight is 168 g/mol. The molecule has 0 spiro atoms. The maximum Gasteiger partial charge on any atom is 0.136 e. The van der Waals surface area contributed by atoms with Crippen molar-refractivity contribution in [2.45, 2.75) is 25.7 Å². The van der Waals surface area contributed by atoms with Crippen LogP contribution >= 0.6 is 0 Å². The monoisotopic (exact) mass is 168 g/mol. The number of carbonyl (C=O) groups excluding carboxylic acids is 1. The minimum Gasteiger partial charge on any atom is -0.384 e. The molecule has 2 heteroatoms. The van der Waals surface area contributed by atoms with Crippen LogP contribution in [0.4, 0.5) is 0 Å². The Morgan fingerprint density at radius 3 is 2.83 bits per heavy atom. The number of fused-ring (bicyclic) bond motifs is 1. The second kappa shape index (κ2) is 3.17. The highest BCUT2D eigenvalue weighted by molar-refractivity contribution is 5.83. The summed E-state index contributed by atoms with van der Waals surface area (Å²) in [5, 5.41) is 0. The molecule has 0 aromatic rings. The smallest absolute Gasteiger partial charge is 0.136 e. The average Bonchev–Trinajstić information content (AvgIpc) is 1.96. The van der Waals surface area contributed by atoms with Crippen LogP contribution in [0.15, 0.2) is 0 Å². The number of rotatable bonds is 2. The van der Waals surface area contributed by atoms with Gasteiger partial charge >= 0.3 is 0 Å². The summed E-state index contributed by atoms with van der Waals surface area (Å²) in [5.41, 5.74) is 0. The van der Waals surface area contributed by atoms with Crippen molar-refractivity contribution in [3.05, 3.63) is 0 Å². The first-order valence-electron chi connectivity index (χ1n) is 4.84. The highest BCUT2D eigenvalue weighted by Crippen LogP contribution is 2.46. The predicted octanol–water partition coefficient (Wildman–Crippen LogP) is 1.64. The predicted molar refractivity (Wildman–Crippen MR) is 45.8 cm³/mol. The second-order valence-electron chi connectivity index (χ2n) is 4.07. The largest absolute Gasteiger partial charge is 0.384 e. The molecule has 2 fully saturated rings. The Morgan fingerprint density at radius 2 is 2.25 bits per heavy atom. The third kappa shape index (κ3) is 1.18. The fourth-order valence-electron chi connectivity index (χ4n) is 2.64. The maximum absolute atomic E-state index is 11.4. The molecule has 3 atom stereocenters. The van der Waals surface area contributed by atoms with Crippen LogP contribution in [0.5, 0.6) is 0 Å². The van der Waals surface area contributed by atoms with Crippen LogP contribution in [0.2, 0.25) is 0 Å². The maximum atomic E-state index is 11.4. The lowest BCUT2D eigenvalue weighted by Gasteiger charge is -2.44. The van der Waals surface area contributed by atoms with Gasteiger partial charge in [0.1, 0.15) is 5.78 Å². The Labute approximate surface area is 73.3 Å². The van der Waals surface area contributed by atoms with Crippen LogP contribution in [0.25, 0.3) is 0 Å². The number of ketones is 1. The number of hydrogen-bond donors (Lipinski definition) is 0. The molecule has 0 aromatic heterocycles. The number of ether oxygens (including phenoxy) is 1. The molecule has 68 valence electrons. The molecule has 2 aliphatic carbocycles. The Bertz CT molecular complexity index is 188. The highest BCUT2D eigenvalue weighted by atomic mass is 16.5. The van der Waals surface area contributed by atoms with Gasteiger partial charge in [-0.15, -0.1) is 0 Å². The molecule has 2 saturated carbocycles. The third-order valence-electron chi connectivity index (χ3n) is 3.49. The van der Waals surface area contributed by atoms with Crippen LogP contribution in [0, 0.1) is 17.8 Å². The molecular formula is C10H16O2. The van der Waals surface area contributed by atoms with E-state index in [1.165, 1.54) is 6.42 Å². The van der Waals surface area contributed by atoms with Crippen LogP contribution in [-0.4, -0.2) is 19.5 Å². The molecule has 2 aliphatic rings. The third-order valence-corrected chi connectivity index (χ3v) is 3.49. The molecule has 2 nitrogen and oxygen atoms in total.